The number of carbonyl (C=O) groups excluding carboxylic acids is 1. The zero-order chi connectivity index (χ0) is 17.8. The first-order chi connectivity index (χ1) is 12.0. The van der Waals surface area contributed by atoms with Crippen LogP contribution in [0.3, 0.4) is 0 Å². The van der Waals surface area contributed by atoms with Crippen LogP contribution in [-0.2, 0) is 4.79 Å². The molecule has 0 bridgehead atoms. The van der Waals surface area contributed by atoms with Crippen molar-refractivity contribution in [2.45, 2.75) is 38.8 Å². The van der Waals surface area contributed by atoms with Gasteiger partial charge in [0.2, 0.25) is 11.9 Å². The molecule has 1 aliphatic heterocycles. The maximum absolute atomic E-state index is 12.4. The molecule has 0 aliphatic carbocycles. The van der Waals surface area contributed by atoms with Gasteiger partial charge in [0.15, 0.2) is 0 Å². The van der Waals surface area contributed by atoms with E-state index < -0.39 is 0 Å². The third kappa shape index (κ3) is 4.20. The molecule has 6 nitrogen and oxygen atoms in total. The molecule has 1 aliphatic rings. The van der Waals surface area contributed by atoms with Crippen molar-refractivity contribution in [1.29, 1.82) is 0 Å². The smallest absolute Gasteiger partial charge is 0.243 e. The van der Waals surface area contributed by atoms with Crippen LogP contribution in [0.5, 0.6) is 0 Å². The van der Waals surface area contributed by atoms with Gasteiger partial charge in [-0.25, -0.2) is 4.98 Å². The lowest BCUT2D eigenvalue weighted by atomic mass is 10.2. The number of hydrogen-bond donors (Lipinski definition) is 2. The summed E-state index contributed by atoms with van der Waals surface area (Å²) in [5.74, 6) is 1.23. The van der Waals surface area contributed by atoms with E-state index in [1.807, 2.05) is 43.0 Å². The van der Waals surface area contributed by atoms with Gasteiger partial charge in [-0.1, -0.05) is 23.7 Å². The Hall–Kier alpha value is -2.34. The van der Waals surface area contributed by atoms with Crippen molar-refractivity contribution in [1.82, 2.24) is 15.3 Å². The highest BCUT2D eigenvalue weighted by atomic mass is 35.5. The average molecular weight is 360 g/mol. The predicted molar refractivity (Wildman–Crippen MR) is 100 cm³/mol. The Morgan fingerprint density at radius 3 is 2.88 bits per heavy atom. The van der Waals surface area contributed by atoms with E-state index in [4.69, 9.17) is 11.6 Å². The van der Waals surface area contributed by atoms with Gasteiger partial charge in [-0.05, 0) is 44.9 Å². The number of aromatic nitrogens is 2. The molecule has 1 aromatic carbocycles. The number of rotatable bonds is 5. The Morgan fingerprint density at radius 2 is 2.12 bits per heavy atom. The molecule has 3 rings (SSSR count). The fourth-order valence-electron chi connectivity index (χ4n) is 2.92. The molecule has 132 valence electrons. The molecule has 1 amide bonds. The van der Waals surface area contributed by atoms with Gasteiger partial charge in [0, 0.05) is 18.8 Å². The van der Waals surface area contributed by atoms with E-state index in [9.17, 15) is 4.79 Å². The maximum atomic E-state index is 12.4. The topological polar surface area (TPSA) is 70.2 Å². The van der Waals surface area contributed by atoms with E-state index in [1.165, 1.54) is 0 Å². The summed E-state index contributed by atoms with van der Waals surface area (Å²) in [5.41, 5.74) is 0.782. The number of nitrogens with one attached hydrogen (secondary N) is 2. The molecule has 2 N–H and O–H groups in total. The van der Waals surface area contributed by atoms with Gasteiger partial charge in [-0.15, -0.1) is 0 Å². The maximum Gasteiger partial charge on any atom is 0.243 e. The summed E-state index contributed by atoms with van der Waals surface area (Å²) in [7, 11) is 0. The van der Waals surface area contributed by atoms with Gasteiger partial charge in [-0.3, -0.25) is 4.79 Å². The highest BCUT2D eigenvalue weighted by Gasteiger charge is 2.32. The molecule has 0 spiro atoms. The van der Waals surface area contributed by atoms with Crippen molar-refractivity contribution in [2.24, 2.45) is 0 Å². The Morgan fingerprint density at radius 1 is 1.32 bits per heavy atom. The first kappa shape index (κ1) is 17.5. The van der Waals surface area contributed by atoms with Gasteiger partial charge in [0.25, 0.3) is 0 Å². The van der Waals surface area contributed by atoms with Crippen molar-refractivity contribution < 1.29 is 4.79 Å². The summed E-state index contributed by atoms with van der Waals surface area (Å²) >= 11 is 6.18. The second-order valence-corrected chi connectivity index (χ2v) is 6.77. The molecule has 7 heteroatoms. The third-order valence-electron chi connectivity index (χ3n) is 4.02. The molecule has 25 heavy (non-hydrogen) atoms. The normalized spacial score (nSPS) is 17.0. The van der Waals surface area contributed by atoms with Crippen molar-refractivity contribution in [3.8, 4) is 0 Å². The van der Waals surface area contributed by atoms with E-state index in [2.05, 4.69) is 20.6 Å². The van der Waals surface area contributed by atoms with Crippen molar-refractivity contribution >= 4 is 35.0 Å². The molecule has 1 saturated heterocycles. The average Bonchev–Trinajstić information content (AvgIpc) is 3.06. The van der Waals surface area contributed by atoms with E-state index in [0.29, 0.717) is 16.8 Å². The second kappa shape index (κ2) is 7.70. The highest BCUT2D eigenvalue weighted by molar-refractivity contribution is 6.33. The zero-order valence-electron chi connectivity index (χ0n) is 14.4. The number of nitrogens with zero attached hydrogens (tertiary/aromatic N) is 3. The van der Waals surface area contributed by atoms with Gasteiger partial charge >= 0.3 is 0 Å². The van der Waals surface area contributed by atoms with Crippen molar-refractivity contribution in [3.05, 3.63) is 41.6 Å². The Labute approximate surface area is 152 Å². The highest BCUT2D eigenvalue weighted by Crippen LogP contribution is 2.26. The van der Waals surface area contributed by atoms with E-state index >= 15 is 0 Å². The second-order valence-electron chi connectivity index (χ2n) is 6.36. The summed E-state index contributed by atoms with van der Waals surface area (Å²) in [4.78, 5) is 23.3. The molecule has 0 unspecified atom stereocenters. The molecule has 0 radical (unpaired) electrons. The Bertz CT molecular complexity index is 752. The van der Waals surface area contributed by atoms with Gasteiger partial charge in [0.1, 0.15) is 11.9 Å². The van der Waals surface area contributed by atoms with Gasteiger partial charge in [0.05, 0.1) is 10.7 Å². The number of carbonyl (C=O) groups is 1. The number of halogens is 1. The van der Waals surface area contributed by atoms with Crippen LogP contribution in [0.15, 0.2) is 36.5 Å². The fourth-order valence-corrected chi connectivity index (χ4v) is 3.10. The molecular formula is C18H22ClN5O. The molecule has 1 fully saturated rings. The number of para-hydroxylation sites is 1. The lowest BCUT2D eigenvalue weighted by Gasteiger charge is -2.25. The van der Waals surface area contributed by atoms with Crippen LogP contribution in [-0.4, -0.2) is 34.5 Å². The van der Waals surface area contributed by atoms with Crippen LogP contribution in [0, 0.1) is 0 Å². The summed E-state index contributed by atoms with van der Waals surface area (Å²) in [6.45, 7) is 4.69. The molecular weight excluding hydrogens is 338 g/mol. The van der Waals surface area contributed by atoms with Crippen LogP contribution in [0.4, 0.5) is 17.5 Å². The van der Waals surface area contributed by atoms with Crippen LogP contribution in [0.1, 0.15) is 26.7 Å². The van der Waals surface area contributed by atoms with E-state index in [1.54, 1.807) is 12.3 Å². The summed E-state index contributed by atoms with van der Waals surface area (Å²) in [6.07, 6.45) is 3.45. The minimum atomic E-state index is -0.224. The van der Waals surface area contributed by atoms with Gasteiger partial charge in [-0.2, -0.15) is 4.98 Å². The van der Waals surface area contributed by atoms with Crippen molar-refractivity contribution in [2.75, 3.05) is 16.8 Å². The summed E-state index contributed by atoms with van der Waals surface area (Å²) in [6, 6.07) is 9.16. The van der Waals surface area contributed by atoms with Crippen LogP contribution < -0.4 is 15.5 Å². The lowest BCUT2D eigenvalue weighted by molar-refractivity contribution is -0.122. The molecule has 2 aromatic rings. The number of amides is 1. The quantitative estimate of drug-likeness (QED) is 0.856. The third-order valence-corrected chi connectivity index (χ3v) is 4.35. The van der Waals surface area contributed by atoms with Gasteiger partial charge < -0.3 is 15.5 Å². The SMILES string of the molecule is CC(C)NC(=O)[C@@H]1CCCN1c1nccc(Nc2ccccc2Cl)n1. The Kier molecular flexibility index (Phi) is 5.38. The molecule has 2 heterocycles. The largest absolute Gasteiger partial charge is 0.352 e. The number of benzene rings is 1. The van der Waals surface area contributed by atoms with Crippen LogP contribution in [0.25, 0.3) is 0 Å². The molecule has 0 saturated carbocycles. The minimum Gasteiger partial charge on any atom is -0.352 e. The van der Waals surface area contributed by atoms with E-state index in [-0.39, 0.29) is 18.0 Å². The molecule has 1 atom stereocenters. The predicted octanol–water partition coefficient (Wildman–Crippen LogP) is 3.37. The zero-order valence-corrected chi connectivity index (χ0v) is 15.1. The van der Waals surface area contributed by atoms with E-state index in [0.717, 1.165) is 25.1 Å². The fraction of sp³-hybridized carbons (Fsp3) is 0.389. The summed E-state index contributed by atoms with van der Waals surface area (Å²) in [5, 5.41) is 6.80. The number of anilines is 3. The monoisotopic (exact) mass is 359 g/mol. The summed E-state index contributed by atoms with van der Waals surface area (Å²) < 4.78 is 0. The molecule has 1 aromatic heterocycles. The van der Waals surface area contributed by atoms with Crippen molar-refractivity contribution in [3.63, 3.8) is 0 Å². The van der Waals surface area contributed by atoms with Crippen LogP contribution >= 0.6 is 11.6 Å². The first-order valence-corrected chi connectivity index (χ1v) is 8.84. The lowest BCUT2D eigenvalue weighted by Crippen LogP contribution is -2.46. The minimum absolute atomic E-state index is 0.0283. The first-order valence-electron chi connectivity index (χ1n) is 8.46. The van der Waals surface area contributed by atoms with Crippen LogP contribution in [0.2, 0.25) is 5.02 Å². The standard InChI is InChI=1S/C18H22ClN5O/c1-12(2)21-17(25)15-8-5-11-24(15)18-20-10-9-16(23-18)22-14-7-4-3-6-13(14)19/h3-4,6-7,9-10,12,15H,5,8,11H2,1-2H3,(H,21,25)(H,20,22,23)/t15-/m0/s1. The Balaban J connectivity index is 1.78. The number of hydrogen-bond acceptors (Lipinski definition) is 5.